The molecular formula is C31H25IrN2-. The fourth-order valence-corrected chi connectivity index (χ4v) is 5.26. The fraction of sp³-hybridized carbons (Fsp3) is 0.129. The van der Waals surface area contributed by atoms with Crippen LogP contribution in [0, 0.1) is 33.8 Å². The predicted molar refractivity (Wildman–Crippen MR) is 139 cm³/mol. The minimum absolute atomic E-state index is 0. The molecule has 3 heteroatoms. The van der Waals surface area contributed by atoms with Crippen molar-refractivity contribution >= 4 is 27.3 Å². The number of rotatable bonds is 2. The molecule has 0 N–H and O–H groups in total. The smallest absolute Gasteiger partial charge is 0.0669 e. The molecule has 0 unspecified atom stereocenters. The van der Waals surface area contributed by atoms with E-state index in [9.17, 15) is 0 Å². The number of hydrogen-bond acceptors (Lipinski definition) is 1. The number of benzene rings is 4. The molecule has 34 heavy (non-hydrogen) atoms. The third-order valence-corrected chi connectivity index (χ3v) is 6.69. The van der Waals surface area contributed by atoms with E-state index < -0.39 is 0 Å². The maximum Gasteiger partial charge on any atom is 0.0669 e. The van der Waals surface area contributed by atoms with Gasteiger partial charge in [-0.3, -0.25) is 4.98 Å². The van der Waals surface area contributed by atoms with Crippen molar-refractivity contribution in [2.24, 2.45) is 0 Å². The third kappa shape index (κ3) is 3.39. The van der Waals surface area contributed by atoms with Gasteiger partial charge in [-0.25, -0.2) is 0 Å². The number of nitrogens with zero attached hydrogens (tertiary/aromatic N) is 2. The molecule has 1 radical (unpaired) electrons. The van der Waals surface area contributed by atoms with Gasteiger partial charge in [0.1, 0.15) is 0 Å². The van der Waals surface area contributed by atoms with Gasteiger partial charge in [-0.2, -0.15) is 0 Å². The number of imidazole rings is 1. The summed E-state index contributed by atoms with van der Waals surface area (Å²) in [7, 11) is 0. The van der Waals surface area contributed by atoms with Gasteiger partial charge in [-0.1, -0.05) is 60.0 Å². The summed E-state index contributed by atoms with van der Waals surface area (Å²) in [4.78, 5) is 5.09. The molecule has 0 aliphatic rings. The zero-order valence-corrected chi connectivity index (χ0v) is 22.1. The molecule has 0 atom stereocenters. The van der Waals surface area contributed by atoms with Crippen molar-refractivity contribution in [3.63, 3.8) is 0 Å². The molecule has 2 nitrogen and oxygen atoms in total. The molecule has 169 valence electrons. The van der Waals surface area contributed by atoms with Gasteiger partial charge in [0, 0.05) is 31.2 Å². The van der Waals surface area contributed by atoms with E-state index in [2.05, 4.69) is 111 Å². The molecule has 4 aromatic carbocycles. The molecule has 0 saturated carbocycles. The summed E-state index contributed by atoms with van der Waals surface area (Å²) in [6, 6.07) is 31.6. The van der Waals surface area contributed by atoms with Crippen LogP contribution in [0.4, 0.5) is 0 Å². The first kappa shape index (κ1) is 22.5. The van der Waals surface area contributed by atoms with E-state index >= 15 is 0 Å². The van der Waals surface area contributed by atoms with Crippen LogP contribution < -0.4 is 0 Å². The fourth-order valence-electron chi connectivity index (χ4n) is 5.26. The SMILES string of the molecule is Cc1ccc2c3ccc[c-]c3c3nc(C)c(-c4c(C)cc(-c5ccccc5)cc4C)n3c2c1.[Ir]. The summed E-state index contributed by atoms with van der Waals surface area (Å²) >= 11 is 0. The Morgan fingerprint density at radius 3 is 2.21 bits per heavy atom. The van der Waals surface area contributed by atoms with Gasteiger partial charge in [-0.15, -0.1) is 29.7 Å². The molecule has 0 aliphatic carbocycles. The van der Waals surface area contributed by atoms with Crippen LogP contribution in [-0.4, -0.2) is 9.38 Å². The number of pyridine rings is 1. The Morgan fingerprint density at radius 1 is 0.735 bits per heavy atom. The van der Waals surface area contributed by atoms with Gasteiger partial charge >= 0.3 is 0 Å². The Labute approximate surface area is 213 Å². The largest absolute Gasteiger partial charge is 0.333 e. The molecule has 2 aromatic heterocycles. The van der Waals surface area contributed by atoms with E-state index in [1.807, 2.05) is 6.07 Å². The van der Waals surface area contributed by atoms with Crippen LogP contribution in [0.5, 0.6) is 0 Å². The second-order valence-electron chi connectivity index (χ2n) is 9.04. The van der Waals surface area contributed by atoms with Crippen LogP contribution in [0.25, 0.3) is 49.7 Å². The van der Waals surface area contributed by atoms with E-state index in [0.29, 0.717) is 0 Å². The van der Waals surface area contributed by atoms with Crippen LogP contribution in [0.15, 0.2) is 78.9 Å². The average molecular weight is 618 g/mol. The van der Waals surface area contributed by atoms with Crippen LogP contribution >= 0.6 is 0 Å². The van der Waals surface area contributed by atoms with Crippen molar-refractivity contribution in [2.75, 3.05) is 0 Å². The summed E-state index contributed by atoms with van der Waals surface area (Å²) in [5, 5.41) is 3.50. The summed E-state index contributed by atoms with van der Waals surface area (Å²) in [6.45, 7) is 8.71. The van der Waals surface area contributed by atoms with Crippen molar-refractivity contribution in [2.45, 2.75) is 27.7 Å². The first-order valence-electron chi connectivity index (χ1n) is 11.4. The van der Waals surface area contributed by atoms with Crippen molar-refractivity contribution in [1.29, 1.82) is 0 Å². The minimum atomic E-state index is 0. The first-order valence-corrected chi connectivity index (χ1v) is 11.4. The van der Waals surface area contributed by atoms with E-state index in [1.165, 1.54) is 55.4 Å². The van der Waals surface area contributed by atoms with Crippen LogP contribution in [0.1, 0.15) is 22.4 Å². The van der Waals surface area contributed by atoms with E-state index in [0.717, 1.165) is 16.7 Å². The Kier molecular flexibility index (Phi) is 5.64. The molecule has 0 spiro atoms. The standard InChI is InChI=1S/C31H25N2.Ir/c1-19-14-15-26-25-12-8-9-13-27(25)31-32-22(4)30(33(31)28(26)16-19)29-20(2)17-24(18-21(29)3)23-10-6-5-7-11-23;/h5-12,14-18H,1-4H3;/q-1;. The Hall–Kier alpha value is -3.26. The number of aromatic nitrogens is 2. The maximum absolute atomic E-state index is 5.09. The Balaban J connectivity index is 0.00000241. The first-order chi connectivity index (χ1) is 16.0. The van der Waals surface area contributed by atoms with Gasteiger partial charge in [0.05, 0.1) is 17.0 Å². The predicted octanol–water partition coefficient (Wildman–Crippen LogP) is 8.01. The number of aryl methyl sites for hydroxylation is 4. The van der Waals surface area contributed by atoms with E-state index in [1.54, 1.807) is 0 Å². The summed E-state index contributed by atoms with van der Waals surface area (Å²) in [5.74, 6) is 0. The molecule has 0 amide bonds. The number of fused-ring (bicyclic) bond motifs is 6. The topological polar surface area (TPSA) is 17.3 Å². The van der Waals surface area contributed by atoms with E-state index in [4.69, 9.17) is 4.98 Å². The number of hydrogen-bond donors (Lipinski definition) is 0. The molecule has 0 bridgehead atoms. The molecule has 0 fully saturated rings. The molecule has 6 rings (SSSR count). The maximum atomic E-state index is 5.09. The normalized spacial score (nSPS) is 11.3. The van der Waals surface area contributed by atoms with Crippen LogP contribution in [-0.2, 0) is 20.1 Å². The Bertz CT molecular complexity index is 1670. The van der Waals surface area contributed by atoms with Crippen molar-refractivity contribution in [1.82, 2.24) is 9.38 Å². The molecule has 0 aliphatic heterocycles. The van der Waals surface area contributed by atoms with Crippen molar-refractivity contribution in [3.05, 3.63) is 107 Å². The minimum Gasteiger partial charge on any atom is -0.333 e. The monoisotopic (exact) mass is 618 g/mol. The zero-order valence-electron chi connectivity index (χ0n) is 19.7. The van der Waals surface area contributed by atoms with Gasteiger partial charge < -0.3 is 4.40 Å². The van der Waals surface area contributed by atoms with Gasteiger partial charge in [0.2, 0.25) is 0 Å². The molecular weight excluding hydrogens is 593 g/mol. The van der Waals surface area contributed by atoms with Gasteiger partial charge in [0.25, 0.3) is 0 Å². The molecule has 6 aromatic rings. The Morgan fingerprint density at radius 2 is 1.47 bits per heavy atom. The van der Waals surface area contributed by atoms with Crippen LogP contribution in [0.2, 0.25) is 0 Å². The molecule has 0 saturated heterocycles. The summed E-state index contributed by atoms with van der Waals surface area (Å²) in [5.41, 5.74) is 11.9. The quantitative estimate of drug-likeness (QED) is 0.142. The second kappa shape index (κ2) is 8.51. The zero-order chi connectivity index (χ0) is 22.7. The third-order valence-electron chi connectivity index (χ3n) is 6.69. The van der Waals surface area contributed by atoms with Gasteiger partial charge in [-0.05, 0) is 67.0 Å². The second-order valence-corrected chi connectivity index (χ2v) is 9.04. The van der Waals surface area contributed by atoms with Crippen molar-refractivity contribution < 1.29 is 20.1 Å². The molecule has 2 heterocycles. The van der Waals surface area contributed by atoms with Crippen LogP contribution in [0.3, 0.4) is 0 Å². The van der Waals surface area contributed by atoms with Crippen molar-refractivity contribution in [3.8, 4) is 22.4 Å². The summed E-state index contributed by atoms with van der Waals surface area (Å²) in [6.07, 6.45) is 0. The van der Waals surface area contributed by atoms with E-state index in [-0.39, 0.29) is 20.1 Å². The average Bonchev–Trinajstić information content (AvgIpc) is 3.16. The summed E-state index contributed by atoms with van der Waals surface area (Å²) < 4.78 is 2.36. The van der Waals surface area contributed by atoms with Gasteiger partial charge in [0.15, 0.2) is 0 Å².